The second kappa shape index (κ2) is 7.35. The number of alkyl halides is 3. The molecule has 0 aromatic heterocycles. The molecule has 0 spiro atoms. The van der Waals surface area contributed by atoms with Gasteiger partial charge in [-0.05, 0) is 30.2 Å². The Labute approximate surface area is 137 Å². The van der Waals surface area contributed by atoms with Crippen molar-refractivity contribution in [1.29, 1.82) is 0 Å². The summed E-state index contributed by atoms with van der Waals surface area (Å²) < 4.78 is 38.6. The Morgan fingerprint density at radius 2 is 1.75 bits per heavy atom. The molecule has 0 radical (unpaired) electrons. The molecule has 0 aliphatic heterocycles. The van der Waals surface area contributed by atoms with E-state index < -0.39 is 23.9 Å². The summed E-state index contributed by atoms with van der Waals surface area (Å²) in [6.45, 7) is 1.79. The summed E-state index contributed by atoms with van der Waals surface area (Å²) in [6.07, 6.45) is -5.13. The number of rotatable bonds is 4. The molecule has 0 saturated carbocycles. The van der Waals surface area contributed by atoms with Gasteiger partial charge in [0.1, 0.15) is 0 Å². The van der Waals surface area contributed by atoms with Crippen LogP contribution in [0.25, 0.3) is 0 Å². The zero-order valence-electron chi connectivity index (χ0n) is 12.9. The third kappa shape index (κ3) is 4.73. The van der Waals surface area contributed by atoms with Crippen LogP contribution in [0.2, 0.25) is 0 Å². The van der Waals surface area contributed by atoms with Gasteiger partial charge in [0.25, 0.3) is 0 Å². The molecular formula is C17H17F3N2O2. The van der Waals surface area contributed by atoms with Crippen molar-refractivity contribution in [3.63, 3.8) is 0 Å². The number of halogens is 3. The van der Waals surface area contributed by atoms with E-state index in [1.807, 2.05) is 0 Å². The highest BCUT2D eigenvalue weighted by Gasteiger charge is 2.33. The van der Waals surface area contributed by atoms with Gasteiger partial charge in [0.2, 0.25) is 0 Å². The first-order valence-corrected chi connectivity index (χ1v) is 7.25. The van der Waals surface area contributed by atoms with Crippen molar-refractivity contribution in [2.24, 2.45) is 0 Å². The van der Waals surface area contributed by atoms with Crippen molar-refractivity contribution >= 4 is 11.7 Å². The Morgan fingerprint density at radius 3 is 2.33 bits per heavy atom. The fourth-order valence-corrected chi connectivity index (χ4v) is 2.10. The highest BCUT2D eigenvalue weighted by molar-refractivity contribution is 5.90. The molecule has 24 heavy (non-hydrogen) atoms. The van der Waals surface area contributed by atoms with Gasteiger partial charge < -0.3 is 15.7 Å². The number of nitrogens with one attached hydrogen (secondary N) is 2. The minimum Gasteiger partial charge on any atom is -0.389 e. The van der Waals surface area contributed by atoms with E-state index in [0.717, 1.165) is 17.2 Å². The number of amides is 2. The standard InChI is InChI=1S/C17H17F3N2O2/c1-11(23)13-8-6-12(7-9-13)10-21-16(24)22-15-5-3-2-4-14(15)17(18,19)20/h2-9,11,23H,10H2,1H3,(H2,21,22,24). The van der Waals surface area contributed by atoms with Crippen molar-refractivity contribution in [3.8, 4) is 0 Å². The Bertz CT molecular complexity index is 698. The Hall–Kier alpha value is -2.54. The molecule has 2 amide bonds. The maximum Gasteiger partial charge on any atom is 0.418 e. The lowest BCUT2D eigenvalue weighted by Gasteiger charge is -2.14. The average molecular weight is 338 g/mol. The van der Waals surface area contributed by atoms with Crippen molar-refractivity contribution < 1.29 is 23.1 Å². The summed E-state index contributed by atoms with van der Waals surface area (Å²) in [4.78, 5) is 11.8. The first kappa shape index (κ1) is 17.8. The Morgan fingerprint density at radius 1 is 1.12 bits per heavy atom. The van der Waals surface area contributed by atoms with Gasteiger partial charge in [0, 0.05) is 6.54 Å². The molecule has 0 saturated heterocycles. The summed E-state index contributed by atoms with van der Waals surface area (Å²) in [5.41, 5.74) is 0.300. The lowest BCUT2D eigenvalue weighted by molar-refractivity contribution is -0.136. The molecule has 4 nitrogen and oxygen atoms in total. The summed E-state index contributed by atoms with van der Waals surface area (Å²) in [7, 11) is 0. The number of hydrogen-bond donors (Lipinski definition) is 3. The van der Waals surface area contributed by atoms with Gasteiger partial charge in [-0.1, -0.05) is 36.4 Å². The fourth-order valence-electron chi connectivity index (χ4n) is 2.10. The van der Waals surface area contributed by atoms with E-state index in [1.165, 1.54) is 18.2 Å². The zero-order chi connectivity index (χ0) is 17.7. The van der Waals surface area contributed by atoms with Crippen LogP contribution in [0, 0.1) is 0 Å². The van der Waals surface area contributed by atoms with Crippen LogP contribution in [0.1, 0.15) is 29.7 Å². The molecule has 0 heterocycles. The number of urea groups is 1. The van der Waals surface area contributed by atoms with Gasteiger partial charge in [-0.2, -0.15) is 13.2 Å². The second-order valence-electron chi connectivity index (χ2n) is 5.27. The lowest BCUT2D eigenvalue weighted by atomic mass is 10.1. The molecule has 0 aliphatic carbocycles. The van der Waals surface area contributed by atoms with E-state index in [1.54, 1.807) is 31.2 Å². The van der Waals surface area contributed by atoms with E-state index in [4.69, 9.17) is 0 Å². The van der Waals surface area contributed by atoms with Crippen LogP contribution in [0.5, 0.6) is 0 Å². The fraction of sp³-hybridized carbons (Fsp3) is 0.235. The number of aliphatic hydroxyl groups is 1. The average Bonchev–Trinajstić information content (AvgIpc) is 2.53. The quantitative estimate of drug-likeness (QED) is 0.787. The number of anilines is 1. The van der Waals surface area contributed by atoms with Crippen LogP contribution < -0.4 is 10.6 Å². The Kier molecular flexibility index (Phi) is 5.46. The van der Waals surface area contributed by atoms with E-state index in [-0.39, 0.29) is 12.2 Å². The first-order chi connectivity index (χ1) is 11.3. The molecule has 128 valence electrons. The first-order valence-electron chi connectivity index (χ1n) is 7.25. The van der Waals surface area contributed by atoms with Crippen LogP contribution in [-0.2, 0) is 12.7 Å². The second-order valence-corrected chi connectivity index (χ2v) is 5.27. The lowest BCUT2D eigenvalue weighted by Crippen LogP contribution is -2.29. The highest BCUT2D eigenvalue weighted by Crippen LogP contribution is 2.34. The Balaban J connectivity index is 1.97. The molecular weight excluding hydrogens is 321 g/mol. The molecule has 7 heteroatoms. The van der Waals surface area contributed by atoms with Crippen LogP contribution in [0.4, 0.5) is 23.7 Å². The van der Waals surface area contributed by atoms with Crippen LogP contribution in [-0.4, -0.2) is 11.1 Å². The molecule has 1 atom stereocenters. The van der Waals surface area contributed by atoms with Crippen LogP contribution in [0.15, 0.2) is 48.5 Å². The molecule has 2 rings (SSSR count). The van der Waals surface area contributed by atoms with Gasteiger partial charge in [-0.15, -0.1) is 0 Å². The molecule has 2 aromatic carbocycles. The highest BCUT2D eigenvalue weighted by atomic mass is 19.4. The maximum atomic E-state index is 12.9. The summed E-state index contributed by atoms with van der Waals surface area (Å²) in [5.74, 6) is 0. The zero-order valence-corrected chi connectivity index (χ0v) is 12.9. The third-order valence-corrected chi connectivity index (χ3v) is 3.40. The largest absolute Gasteiger partial charge is 0.418 e. The van der Waals surface area contributed by atoms with E-state index >= 15 is 0 Å². The van der Waals surface area contributed by atoms with Crippen molar-refractivity contribution in [3.05, 3.63) is 65.2 Å². The molecule has 1 unspecified atom stereocenters. The predicted octanol–water partition coefficient (Wildman–Crippen LogP) is 4.08. The molecule has 0 fully saturated rings. The van der Waals surface area contributed by atoms with Gasteiger partial charge in [0.05, 0.1) is 17.4 Å². The number of hydrogen-bond acceptors (Lipinski definition) is 2. The molecule has 3 N–H and O–H groups in total. The number of aliphatic hydroxyl groups excluding tert-OH is 1. The predicted molar refractivity (Wildman–Crippen MR) is 84.4 cm³/mol. The number of carbonyl (C=O) groups excluding carboxylic acids is 1. The van der Waals surface area contributed by atoms with E-state index in [9.17, 15) is 23.1 Å². The van der Waals surface area contributed by atoms with Gasteiger partial charge in [-0.3, -0.25) is 0 Å². The summed E-state index contributed by atoms with van der Waals surface area (Å²) in [5, 5.41) is 14.1. The van der Waals surface area contributed by atoms with Gasteiger partial charge in [0.15, 0.2) is 0 Å². The normalized spacial score (nSPS) is 12.5. The van der Waals surface area contributed by atoms with Gasteiger partial charge in [-0.25, -0.2) is 4.79 Å². The summed E-state index contributed by atoms with van der Waals surface area (Å²) in [6, 6.07) is 10.9. The molecule has 0 bridgehead atoms. The molecule has 0 aliphatic rings. The van der Waals surface area contributed by atoms with Crippen LogP contribution in [0.3, 0.4) is 0 Å². The van der Waals surface area contributed by atoms with Crippen molar-refractivity contribution in [2.75, 3.05) is 5.32 Å². The maximum absolute atomic E-state index is 12.9. The van der Waals surface area contributed by atoms with Crippen LogP contribution >= 0.6 is 0 Å². The van der Waals surface area contributed by atoms with E-state index in [0.29, 0.717) is 0 Å². The third-order valence-electron chi connectivity index (χ3n) is 3.40. The number of carbonyl (C=O) groups is 1. The minimum absolute atomic E-state index is 0.153. The van der Waals surface area contributed by atoms with E-state index in [2.05, 4.69) is 10.6 Å². The topological polar surface area (TPSA) is 61.4 Å². The van der Waals surface area contributed by atoms with Crippen molar-refractivity contribution in [2.45, 2.75) is 25.7 Å². The number of benzene rings is 2. The number of para-hydroxylation sites is 1. The molecule has 2 aromatic rings. The smallest absolute Gasteiger partial charge is 0.389 e. The van der Waals surface area contributed by atoms with Crippen molar-refractivity contribution in [1.82, 2.24) is 5.32 Å². The monoisotopic (exact) mass is 338 g/mol. The minimum atomic E-state index is -4.54. The van der Waals surface area contributed by atoms with Gasteiger partial charge >= 0.3 is 12.2 Å². The summed E-state index contributed by atoms with van der Waals surface area (Å²) >= 11 is 0. The SMILES string of the molecule is CC(O)c1ccc(CNC(=O)Nc2ccccc2C(F)(F)F)cc1.